The summed E-state index contributed by atoms with van der Waals surface area (Å²) < 4.78 is 12.1. The number of aromatic nitrogens is 1. The maximum Gasteiger partial charge on any atom is 0.230 e. The smallest absolute Gasteiger partial charge is 0.230 e. The number of benzene rings is 2. The second-order valence-electron chi connectivity index (χ2n) is 7.47. The van der Waals surface area contributed by atoms with Gasteiger partial charge >= 0.3 is 0 Å². The summed E-state index contributed by atoms with van der Waals surface area (Å²) in [6.07, 6.45) is 0. The van der Waals surface area contributed by atoms with E-state index < -0.39 is 0 Å². The number of hydrogen-bond acceptors (Lipinski definition) is 5. The first kappa shape index (κ1) is 19.8. The average molecular weight is 403 g/mol. The lowest BCUT2D eigenvalue weighted by molar-refractivity contribution is 0.289. The van der Waals surface area contributed by atoms with Gasteiger partial charge in [0.25, 0.3) is 0 Å². The molecule has 30 heavy (non-hydrogen) atoms. The van der Waals surface area contributed by atoms with Crippen LogP contribution in [0.5, 0.6) is 11.6 Å². The molecule has 0 atom stereocenters. The first-order valence-corrected chi connectivity index (χ1v) is 10.1. The molecular formula is C24H25N3O3. The van der Waals surface area contributed by atoms with Crippen LogP contribution >= 0.6 is 0 Å². The van der Waals surface area contributed by atoms with E-state index in [1.54, 1.807) is 0 Å². The van der Waals surface area contributed by atoms with Crippen LogP contribution in [0.2, 0.25) is 0 Å². The Kier molecular flexibility index (Phi) is 5.31. The highest BCUT2D eigenvalue weighted by molar-refractivity contribution is 6.05. The van der Waals surface area contributed by atoms with Crippen LogP contribution in [0.1, 0.15) is 32.0 Å². The Morgan fingerprint density at radius 3 is 2.60 bits per heavy atom. The molecular weight excluding hydrogens is 378 g/mol. The molecule has 2 aromatic carbocycles. The highest BCUT2D eigenvalue weighted by atomic mass is 16.5. The highest BCUT2D eigenvalue weighted by Crippen LogP contribution is 2.33. The van der Waals surface area contributed by atoms with Crippen LogP contribution in [0.15, 0.2) is 64.2 Å². The van der Waals surface area contributed by atoms with Crippen molar-refractivity contribution in [3.05, 3.63) is 65.9 Å². The molecule has 2 heterocycles. The molecule has 0 fully saturated rings. The van der Waals surface area contributed by atoms with Crippen LogP contribution in [0, 0.1) is 6.92 Å². The molecule has 0 radical (unpaired) electrons. The van der Waals surface area contributed by atoms with Crippen molar-refractivity contribution in [2.24, 2.45) is 5.16 Å². The molecule has 6 nitrogen and oxygen atoms in total. The second-order valence-corrected chi connectivity index (χ2v) is 7.47. The zero-order chi connectivity index (χ0) is 21.3. The minimum Gasteiger partial charge on any atom is -0.456 e. The molecule has 0 saturated heterocycles. The van der Waals surface area contributed by atoms with Crippen molar-refractivity contribution in [3.63, 3.8) is 0 Å². The van der Waals surface area contributed by atoms with Crippen molar-refractivity contribution in [3.8, 4) is 11.6 Å². The lowest BCUT2D eigenvalue weighted by atomic mass is 10.1. The topological polar surface area (TPSA) is 71.1 Å². The quantitative estimate of drug-likeness (QED) is 0.193. The number of oxime groups is 1. The third kappa shape index (κ3) is 3.56. The first-order valence-electron chi connectivity index (χ1n) is 10.1. The number of hydrogen-bond donors (Lipinski definition) is 1. The van der Waals surface area contributed by atoms with Crippen molar-refractivity contribution >= 4 is 27.8 Å². The fourth-order valence-corrected chi connectivity index (χ4v) is 3.69. The number of rotatable bonds is 5. The Bertz CT molecular complexity index is 1230. The molecule has 4 aromatic rings. The fourth-order valence-electron chi connectivity index (χ4n) is 3.69. The van der Waals surface area contributed by atoms with Gasteiger partial charge < -0.3 is 19.3 Å². The highest BCUT2D eigenvalue weighted by Gasteiger charge is 2.21. The maximum atomic E-state index is 9.77. The van der Waals surface area contributed by atoms with E-state index in [0.29, 0.717) is 29.6 Å². The van der Waals surface area contributed by atoms with Crippen molar-refractivity contribution in [1.29, 1.82) is 0 Å². The third-order valence-corrected chi connectivity index (χ3v) is 5.13. The van der Waals surface area contributed by atoms with E-state index in [2.05, 4.69) is 24.0 Å². The van der Waals surface area contributed by atoms with Crippen LogP contribution in [0.25, 0.3) is 21.9 Å². The molecule has 4 rings (SSSR count). The van der Waals surface area contributed by atoms with E-state index in [1.807, 2.05) is 73.3 Å². The van der Waals surface area contributed by atoms with Crippen molar-refractivity contribution in [1.82, 2.24) is 9.88 Å². The summed E-state index contributed by atoms with van der Waals surface area (Å²) in [5.74, 6) is 1.47. The molecule has 0 saturated carbocycles. The molecule has 0 aliphatic heterocycles. The Labute approximate surface area is 175 Å². The predicted octanol–water partition coefficient (Wildman–Crippen LogP) is 5.95. The summed E-state index contributed by atoms with van der Waals surface area (Å²) in [6.45, 7) is 8.71. The van der Waals surface area contributed by atoms with Crippen LogP contribution in [-0.2, 0) is 0 Å². The standard InChI is InChI=1S/C24H25N3O3/c1-5-27(15(2)3)23(26-28)19-12-10-16(4)25-24(19)29-17-11-13-22-20(14-17)18-8-6-7-9-21(18)30-22/h6-15,28H,5H2,1-4H3/b26-23-. The minimum atomic E-state index is 0.156. The molecule has 0 aliphatic carbocycles. The SMILES string of the molecule is CCN(/C(=N\O)c1ccc(C)nc1Oc1ccc2oc3ccccc3c2c1)C(C)C. The molecule has 6 heteroatoms. The van der Waals surface area contributed by atoms with Gasteiger partial charge in [-0.05, 0) is 64.1 Å². The zero-order valence-electron chi connectivity index (χ0n) is 17.6. The number of furan rings is 1. The minimum absolute atomic E-state index is 0.156. The van der Waals surface area contributed by atoms with E-state index >= 15 is 0 Å². The lowest BCUT2D eigenvalue weighted by Crippen LogP contribution is -2.37. The molecule has 2 aromatic heterocycles. The number of aryl methyl sites for hydroxylation is 1. The number of amidine groups is 1. The number of para-hydroxylation sites is 1. The van der Waals surface area contributed by atoms with E-state index in [0.717, 1.165) is 27.6 Å². The van der Waals surface area contributed by atoms with Gasteiger partial charge in [-0.25, -0.2) is 4.98 Å². The van der Waals surface area contributed by atoms with Crippen LogP contribution in [0.3, 0.4) is 0 Å². The molecule has 1 N–H and O–H groups in total. The van der Waals surface area contributed by atoms with Crippen molar-refractivity contribution in [2.75, 3.05) is 6.54 Å². The Morgan fingerprint density at radius 1 is 1.10 bits per heavy atom. The van der Waals surface area contributed by atoms with Gasteiger partial charge in [-0.1, -0.05) is 23.4 Å². The molecule has 0 amide bonds. The first-order chi connectivity index (χ1) is 14.5. The number of pyridine rings is 1. The van der Waals surface area contributed by atoms with Gasteiger partial charge in [0, 0.05) is 29.1 Å². The normalized spacial score (nSPS) is 12.1. The van der Waals surface area contributed by atoms with E-state index in [4.69, 9.17) is 9.15 Å². The van der Waals surface area contributed by atoms with Gasteiger partial charge in [0.05, 0.1) is 5.56 Å². The second kappa shape index (κ2) is 8.06. The summed E-state index contributed by atoms with van der Waals surface area (Å²) in [5.41, 5.74) is 3.09. The largest absolute Gasteiger partial charge is 0.456 e. The molecule has 154 valence electrons. The summed E-state index contributed by atoms with van der Waals surface area (Å²) >= 11 is 0. The van der Waals surface area contributed by atoms with Gasteiger partial charge in [0.2, 0.25) is 5.88 Å². The molecule has 0 unspecified atom stereocenters. The van der Waals surface area contributed by atoms with E-state index in [-0.39, 0.29) is 6.04 Å². The fraction of sp³-hybridized carbons (Fsp3) is 0.250. The Morgan fingerprint density at radius 2 is 1.87 bits per heavy atom. The lowest BCUT2D eigenvalue weighted by Gasteiger charge is -2.28. The average Bonchev–Trinajstić information content (AvgIpc) is 3.10. The monoisotopic (exact) mass is 403 g/mol. The number of fused-ring (bicyclic) bond motifs is 3. The van der Waals surface area contributed by atoms with Crippen LogP contribution in [0.4, 0.5) is 0 Å². The zero-order valence-corrected chi connectivity index (χ0v) is 17.6. The number of nitrogens with zero attached hydrogens (tertiary/aromatic N) is 3. The molecule has 0 spiro atoms. The Hall–Kier alpha value is -3.54. The summed E-state index contributed by atoms with van der Waals surface area (Å²) in [4.78, 5) is 6.57. The van der Waals surface area contributed by atoms with Gasteiger partial charge in [0.15, 0.2) is 5.84 Å². The van der Waals surface area contributed by atoms with E-state index in [1.165, 1.54) is 0 Å². The van der Waals surface area contributed by atoms with Gasteiger partial charge in [-0.3, -0.25) is 0 Å². The van der Waals surface area contributed by atoms with Crippen molar-refractivity contribution in [2.45, 2.75) is 33.7 Å². The maximum absolute atomic E-state index is 9.77. The summed E-state index contributed by atoms with van der Waals surface area (Å²) in [6, 6.07) is 17.5. The Balaban J connectivity index is 1.78. The summed E-state index contributed by atoms with van der Waals surface area (Å²) in [7, 11) is 0. The van der Waals surface area contributed by atoms with Crippen LogP contribution < -0.4 is 4.74 Å². The number of ether oxygens (including phenoxy) is 1. The molecule has 0 aliphatic rings. The molecule has 0 bridgehead atoms. The van der Waals surface area contributed by atoms with Gasteiger partial charge in [-0.15, -0.1) is 0 Å². The van der Waals surface area contributed by atoms with Gasteiger partial charge in [-0.2, -0.15) is 0 Å². The predicted molar refractivity (Wildman–Crippen MR) is 119 cm³/mol. The third-order valence-electron chi connectivity index (χ3n) is 5.13. The van der Waals surface area contributed by atoms with Crippen LogP contribution in [-0.4, -0.2) is 33.5 Å². The van der Waals surface area contributed by atoms with Crippen molar-refractivity contribution < 1.29 is 14.4 Å². The van der Waals surface area contributed by atoms with E-state index in [9.17, 15) is 5.21 Å². The summed E-state index contributed by atoms with van der Waals surface area (Å²) in [5, 5.41) is 15.4. The van der Waals surface area contributed by atoms with Gasteiger partial charge in [0.1, 0.15) is 16.9 Å².